The minimum Gasteiger partial charge on any atom is -0.493 e. The number of pyridine rings is 2. The fourth-order valence-electron chi connectivity index (χ4n) is 3.53. The van der Waals surface area contributed by atoms with E-state index in [1.807, 2.05) is 0 Å². The fraction of sp³-hybridized carbons (Fsp3) is 0.0800. The summed E-state index contributed by atoms with van der Waals surface area (Å²) in [6, 6.07) is 11.7. The molecule has 2 heterocycles. The van der Waals surface area contributed by atoms with Gasteiger partial charge in [-0.15, -0.1) is 0 Å². The van der Waals surface area contributed by atoms with Crippen LogP contribution < -0.4 is 30.6 Å². The van der Waals surface area contributed by atoms with Gasteiger partial charge in [-0.1, -0.05) is 17.7 Å². The number of anilines is 2. The number of carbonyl (C=O) groups is 1. The smallest absolute Gasteiger partial charge is 0.493 e. The quantitative estimate of drug-likeness (QED) is 0.203. The molecule has 0 saturated heterocycles. The van der Waals surface area contributed by atoms with Crippen molar-refractivity contribution in [3.8, 4) is 28.7 Å². The second kappa shape index (κ2) is 11.8. The number of phosphoric acid groups is 1. The largest absolute Gasteiger partial charge is 0.524 e. The number of amides is 1. The third-order valence-electron chi connectivity index (χ3n) is 5.19. The van der Waals surface area contributed by atoms with E-state index in [2.05, 4.69) is 14.8 Å². The zero-order valence-corrected chi connectivity index (χ0v) is 22.2. The average molecular weight is 591 g/mol. The van der Waals surface area contributed by atoms with Crippen LogP contribution in [0.5, 0.6) is 23.0 Å². The molecule has 0 bridgehead atoms. The first kappa shape index (κ1) is 28.6. The Labute approximate surface area is 231 Å². The van der Waals surface area contributed by atoms with Crippen LogP contribution in [0.2, 0.25) is 5.02 Å². The van der Waals surface area contributed by atoms with Gasteiger partial charge in [-0.3, -0.25) is 23.9 Å². The standard InChI is InChI=1S/C25H21ClFN4O8P/c1-2-37-19-9-11-31(15-4-3-5-16(13-15)39-40(34,35)36)25(33)21(19)24(32)30-14-6-7-18(17(27)12-14)38-20-8-10-29-23(28)22(20)26/h3-13H,2H2,1H3,(H2,28,29)(H,30,32)(H2,34,35,36). The monoisotopic (exact) mass is 590 g/mol. The molecule has 0 atom stereocenters. The Kier molecular flexibility index (Phi) is 8.40. The normalized spacial score (nSPS) is 11.1. The molecular weight excluding hydrogens is 570 g/mol. The van der Waals surface area contributed by atoms with Crippen molar-refractivity contribution in [2.24, 2.45) is 0 Å². The first-order valence-corrected chi connectivity index (χ1v) is 13.3. The summed E-state index contributed by atoms with van der Waals surface area (Å²) in [5.41, 5.74) is 4.57. The van der Waals surface area contributed by atoms with E-state index in [0.29, 0.717) is 0 Å². The summed E-state index contributed by atoms with van der Waals surface area (Å²) in [7, 11) is -4.85. The van der Waals surface area contributed by atoms with Crippen LogP contribution in [0, 0.1) is 5.82 Å². The number of hydrogen-bond acceptors (Lipinski definition) is 8. The lowest BCUT2D eigenvalue weighted by molar-refractivity contribution is 0.102. The third kappa shape index (κ3) is 6.58. The second-order valence-electron chi connectivity index (χ2n) is 7.95. The first-order valence-electron chi connectivity index (χ1n) is 11.4. The molecule has 2 aromatic heterocycles. The van der Waals surface area contributed by atoms with Gasteiger partial charge in [0.1, 0.15) is 27.9 Å². The summed E-state index contributed by atoms with van der Waals surface area (Å²) in [5, 5.41) is 2.46. The van der Waals surface area contributed by atoms with Gasteiger partial charge in [-0.2, -0.15) is 0 Å². The van der Waals surface area contributed by atoms with Crippen LogP contribution in [0.1, 0.15) is 17.3 Å². The number of nitrogens with one attached hydrogen (secondary N) is 1. The van der Waals surface area contributed by atoms with Crippen molar-refractivity contribution < 1.29 is 37.5 Å². The van der Waals surface area contributed by atoms with E-state index in [0.717, 1.165) is 10.6 Å². The Morgan fingerprint density at radius 3 is 2.62 bits per heavy atom. The van der Waals surface area contributed by atoms with Crippen molar-refractivity contribution in [1.82, 2.24) is 9.55 Å². The van der Waals surface area contributed by atoms with Gasteiger partial charge in [-0.05, 0) is 37.3 Å². The molecule has 0 aliphatic heterocycles. The molecule has 40 heavy (non-hydrogen) atoms. The van der Waals surface area contributed by atoms with Gasteiger partial charge in [0, 0.05) is 36.3 Å². The van der Waals surface area contributed by atoms with E-state index in [1.165, 1.54) is 60.9 Å². The summed E-state index contributed by atoms with van der Waals surface area (Å²) in [5.74, 6) is -2.11. The van der Waals surface area contributed by atoms with E-state index in [4.69, 9.17) is 36.6 Å². The minimum atomic E-state index is -4.85. The number of benzene rings is 2. The Morgan fingerprint density at radius 1 is 1.15 bits per heavy atom. The molecule has 0 spiro atoms. The second-order valence-corrected chi connectivity index (χ2v) is 9.49. The SMILES string of the molecule is CCOc1ccn(-c2cccc(OP(=O)(O)O)c2)c(=O)c1C(=O)Nc1ccc(Oc2ccnc(N)c2Cl)c(F)c1. The highest BCUT2D eigenvalue weighted by molar-refractivity contribution is 7.46. The predicted molar refractivity (Wildman–Crippen MR) is 144 cm³/mol. The third-order valence-corrected chi connectivity index (χ3v) is 6.02. The molecule has 0 fully saturated rings. The maximum Gasteiger partial charge on any atom is 0.524 e. The predicted octanol–water partition coefficient (Wildman–Crippen LogP) is 4.52. The van der Waals surface area contributed by atoms with E-state index < -0.39 is 30.7 Å². The maximum atomic E-state index is 14.8. The molecule has 12 nitrogen and oxygen atoms in total. The van der Waals surface area contributed by atoms with Crippen LogP contribution in [-0.2, 0) is 4.57 Å². The average Bonchev–Trinajstić information content (AvgIpc) is 2.87. The molecular formula is C25H21ClFN4O8P. The summed E-state index contributed by atoms with van der Waals surface area (Å²) in [6.07, 6.45) is 2.66. The van der Waals surface area contributed by atoms with Crippen molar-refractivity contribution in [3.63, 3.8) is 0 Å². The van der Waals surface area contributed by atoms with Crippen LogP contribution >= 0.6 is 19.4 Å². The number of ether oxygens (including phenoxy) is 2. The van der Waals surface area contributed by atoms with E-state index in [1.54, 1.807) is 6.92 Å². The molecule has 4 rings (SSSR count). The lowest BCUT2D eigenvalue weighted by Gasteiger charge is -2.15. The van der Waals surface area contributed by atoms with Crippen LogP contribution in [0.4, 0.5) is 15.9 Å². The zero-order chi connectivity index (χ0) is 29.0. The highest BCUT2D eigenvalue weighted by Gasteiger charge is 2.22. The molecule has 0 unspecified atom stereocenters. The number of hydrogen-bond donors (Lipinski definition) is 4. The van der Waals surface area contributed by atoms with Crippen LogP contribution in [0.25, 0.3) is 5.69 Å². The molecule has 0 aliphatic rings. The summed E-state index contributed by atoms with van der Waals surface area (Å²) < 4.78 is 42.6. The number of aromatic nitrogens is 2. The van der Waals surface area contributed by atoms with Crippen molar-refractivity contribution in [2.75, 3.05) is 17.7 Å². The minimum absolute atomic E-state index is 0.00178. The van der Waals surface area contributed by atoms with E-state index in [9.17, 15) is 18.5 Å². The summed E-state index contributed by atoms with van der Waals surface area (Å²) >= 11 is 6.04. The van der Waals surface area contributed by atoms with Crippen molar-refractivity contribution >= 4 is 36.8 Å². The fourth-order valence-corrected chi connectivity index (χ4v) is 4.07. The molecule has 1 amide bonds. The van der Waals surface area contributed by atoms with Crippen LogP contribution in [-0.4, -0.2) is 31.9 Å². The number of nitrogens with two attached hydrogens (primary N) is 1. The van der Waals surface area contributed by atoms with Crippen LogP contribution in [0.3, 0.4) is 0 Å². The molecule has 0 saturated carbocycles. The van der Waals surface area contributed by atoms with Gasteiger partial charge in [0.25, 0.3) is 11.5 Å². The van der Waals surface area contributed by atoms with E-state index in [-0.39, 0.29) is 51.8 Å². The lowest BCUT2D eigenvalue weighted by Crippen LogP contribution is -2.29. The van der Waals surface area contributed by atoms with Gasteiger partial charge >= 0.3 is 7.82 Å². The van der Waals surface area contributed by atoms with Gasteiger partial charge in [0.2, 0.25) is 0 Å². The number of nitrogen functional groups attached to an aromatic ring is 1. The van der Waals surface area contributed by atoms with Crippen molar-refractivity contribution in [3.05, 3.63) is 93.7 Å². The number of rotatable bonds is 9. The van der Waals surface area contributed by atoms with E-state index >= 15 is 0 Å². The molecule has 15 heteroatoms. The number of carbonyl (C=O) groups excluding carboxylic acids is 1. The molecule has 2 aromatic carbocycles. The van der Waals surface area contributed by atoms with Gasteiger partial charge in [0.05, 0.1) is 12.3 Å². The van der Waals surface area contributed by atoms with Gasteiger partial charge < -0.3 is 25.0 Å². The Balaban J connectivity index is 1.64. The van der Waals surface area contributed by atoms with Crippen molar-refractivity contribution in [2.45, 2.75) is 6.92 Å². The highest BCUT2D eigenvalue weighted by Crippen LogP contribution is 2.38. The molecule has 4 aromatic rings. The Morgan fingerprint density at radius 2 is 1.93 bits per heavy atom. The number of nitrogens with zero attached hydrogens (tertiary/aromatic N) is 2. The van der Waals surface area contributed by atoms with Crippen molar-refractivity contribution in [1.29, 1.82) is 0 Å². The molecule has 0 radical (unpaired) electrons. The Bertz CT molecular complexity index is 1690. The highest BCUT2D eigenvalue weighted by atomic mass is 35.5. The number of phosphoric ester groups is 1. The zero-order valence-electron chi connectivity index (χ0n) is 20.6. The molecule has 5 N–H and O–H groups in total. The summed E-state index contributed by atoms with van der Waals surface area (Å²) in [6.45, 7) is 1.80. The number of halogens is 2. The summed E-state index contributed by atoms with van der Waals surface area (Å²) in [4.78, 5) is 48.5. The molecule has 208 valence electrons. The lowest BCUT2D eigenvalue weighted by atomic mass is 10.2. The molecule has 0 aliphatic carbocycles. The maximum absolute atomic E-state index is 14.8. The van der Waals surface area contributed by atoms with Gasteiger partial charge in [-0.25, -0.2) is 13.9 Å². The van der Waals surface area contributed by atoms with Gasteiger partial charge in [0.15, 0.2) is 17.3 Å². The first-order chi connectivity index (χ1) is 19.0. The Hall–Kier alpha value is -4.42. The van der Waals surface area contributed by atoms with Crippen LogP contribution in [0.15, 0.2) is 71.8 Å². The topological polar surface area (TPSA) is 175 Å².